The number of benzene rings is 1. The molecule has 0 atom stereocenters. The minimum Gasteiger partial charge on any atom is -0.356 e. The van der Waals surface area contributed by atoms with Crippen LogP contribution in [0.25, 0.3) is 11.3 Å². The minimum atomic E-state index is -0.395. The molecule has 2 aromatic rings. The summed E-state index contributed by atoms with van der Waals surface area (Å²) in [6, 6.07) is 12.1. The van der Waals surface area contributed by atoms with E-state index in [0.29, 0.717) is 25.9 Å². The molecule has 1 aromatic heterocycles. The van der Waals surface area contributed by atoms with Crippen LogP contribution in [0.5, 0.6) is 0 Å². The van der Waals surface area contributed by atoms with E-state index in [1.54, 1.807) is 4.90 Å². The van der Waals surface area contributed by atoms with Crippen LogP contribution in [0.1, 0.15) is 45.7 Å². The number of aromatic amines is 1. The summed E-state index contributed by atoms with van der Waals surface area (Å²) in [7, 11) is 1.83. The number of aryl methyl sites for hydroxylation is 1. The van der Waals surface area contributed by atoms with Gasteiger partial charge in [-0.05, 0) is 25.3 Å². The van der Waals surface area contributed by atoms with Crippen LogP contribution in [0.3, 0.4) is 0 Å². The first-order chi connectivity index (χ1) is 13.3. The zero-order valence-electron chi connectivity index (χ0n) is 17.4. The molecule has 28 heavy (non-hydrogen) atoms. The van der Waals surface area contributed by atoms with Crippen LogP contribution >= 0.6 is 0 Å². The van der Waals surface area contributed by atoms with Gasteiger partial charge in [0.2, 0.25) is 11.8 Å². The maximum absolute atomic E-state index is 12.2. The van der Waals surface area contributed by atoms with Gasteiger partial charge >= 0.3 is 0 Å². The highest BCUT2D eigenvalue weighted by atomic mass is 16.2. The minimum absolute atomic E-state index is 0.0164. The number of carbonyl (C=O) groups is 2. The Balaban J connectivity index is 1.65. The Bertz CT molecular complexity index is 762. The molecule has 0 aliphatic heterocycles. The van der Waals surface area contributed by atoms with Crippen molar-refractivity contribution in [1.29, 1.82) is 0 Å². The van der Waals surface area contributed by atoms with Gasteiger partial charge < -0.3 is 10.2 Å². The summed E-state index contributed by atoms with van der Waals surface area (Å²) in [5, 5.41) is 10.3. The molecular formula is C22H32N4O2. The number of H-pyrrole nitrogens is 1. The van der Waals surface area contributed by atoms with Crippen LogP contribution in [-0.2, 0) is 16.0 Å². The van der Waals surface area contributed by atoms with Crippen molar-refractivity contribution in [2.45, 2.75) is 46.5 Å². The van der Waals surface area contributed by atoms with Gasteiger partial charge in [-0.25, -0.2) is 0 Å². The lowest BCUT2D eigenvalue weighted by molar-refractivity contribution is -0.131. The van der Waals surface area contributed by atoms with Crippen molar-refractivity contribution in [3.8, 4) is 11.3 Å². The fraction of sp³-hybridized carbons (Fsp3) is 0.500. The average Bonchev–Trinajstić information content (AvgIpc) is 3.13. The third-order valence-electron chi connectivity index (χ3n) is 4.60. The van der Waals surface area contributed by atoms with Crippen molar-refractivity contribution in [1.82, 2.24) is 20.4 Å². The van der Waals surface area contributed by atoms with Gasteiger partial charge in [-0.1, -0.05) is 51.1 Å². The molecule has 0 saturated carbocycles. The quantitative estimate of drug-likeness (QED) is 0.650. The SMILES string of the molecule is CN(CCCc1cc(-c2ccccc2)n[nH]1)C(=O)CCCNC(=O)C(C)(C)C. The Morgan fingerprint density at radius 2 is 1.86 bits per heavy atom. The second-order valence-electron chi connectivity index (χ2n) is 8.17. The fourth-order valence-electron chi connectivity index (χ4n) is 2.78. The smallest absolute Gasteiger partial charge is 0.225 e. The topological polar surface area (TPSA) is 78.1 Å². The largest absolute Gasteiger partial charge is 0.356 e. The van der Waals surface area contributed by atoms with Gasteiger partial charge in [0, 0.05) is 43.2 Å². The number of amides is 2. The summed E-state index contributed by atoms with van der Waals surface area (Å²) >= 11 is 0. The third kappa shape index (κ3) is 6.83. The van der Waals surface area contributed by atoms with E-state index in [2.05, 4.69) is 21.6 Å². The van der Waals surface area contributed by atoms with E-state index in [1.165, 1.54) is 0 Å². The standard InChI is InChI=1S/C22H32N4O2/c1-22(2,3)21(28)23-14-8-13-20(27)26(4)15-9-12-18-16-19(25-24-18)17-10-6-5-7-11-17/h5-7,10-11,16H,8-9,12-15H2,1-4H3,(H,23,28)(H,24,25). The summed E-state index contributed by atoms with van der Waals surface area (Å²) in [5.41, 5.74) is 2.71. The highest BCUT2D eigenvalue weighted by Crippen LogP contribution is 2.17. The second-order valence-corrected chi connectivity index (χ2v) is 8.17. The molecule has 2 amide bonds. The van der Waals surface area contributed by atoms with Gasteiger partial charge in [-0.3, -0.25) is 14.7 Å². The maximum atomic E-state index is 12.2. The van der Waals surface area contributed by atoms with Crippen molar-refractivity contribution < 1.29 is 9.59 Å². The van der Waals surface area contributed by atoms with Crippen LogP contribution in [0.15, 0.2) is 36.4 Å². The molecule has 2 rings (SSSR count). The number of carbonyl (C=O) groups excluding carboxylic acids is 2. The molecule has 0 fully saturated rings. The summed E-state index contributed by atoms with van der Waals surface area (Å²) in [6.45, 7) is 6.87. The Hall–Kier alpha value is -2.63. The van der Waals surface area contributed by atoms with E-state index in [1.807, 2.05) is 58.2 Å². The van der Waals surface area contributed by atoms with Gasteiger partial charge in [0.15, 0.2) is 0 Å². The molecule has 0 radical (unpaired) electrons. The van der Waals surface area contributed by atoms with Crippen LogP contribution in [-0.4, -0.2) is 47.0 Å². The number of rotatable bonds is 9. The summed E-state index contributed by atoms with van der Waals surface area (Å²) in [4.78, 5) is 25.8. The third-order valence-corrected chi connectivity index (χ3v) is 4.60. The Morgan fingerprint density at radius 1 is 1.14 bits per heavy atom. The first kappa shape index (κ1) is 21.7. The Labute approximate surface area is 167 Å². The van der Waals surface area contributed by atoms with Crippen molar-refractivity contribution in [3.05, 3.63) is 42.1 Å². The van der Waals surface area contributed by atoms with Crippen LogP contribution in [0, 0.1) is 5.41 Å². The first-order valence-electron chi connectivity index (χ1n) is 9.89. The number of hydrogen-bond donors (Lipinski definition) is 2. The molecule has 152 valence electrons. The Morgan fingerprint density at radius 3 is 2.54 bits per heavy atom. The van der Waals surface area contributed by atoms with Crippen molar-refractivity contribution in [2.75, 3.05) is 20.1 Å². The lowest BCUT2D eigenvalue weighted by Crippen LogP contribution is -2.36. The van der Waals surface area contributed by atoms with Crippen LogP contribution < -0.4 is 5.32 Å². The molecule has 0 saturated heterocycles. The number of hydrogen-bond acceptors (Lipinski definition) is 3. The number of nitrogens with zero attached hydrogens (tertiary/aromatic N) is 2. The lowest BCUT2D eigenvalue weighted by Gasteiger charge is -2.19. The van der Waals surface area contributed by atoms with E-state index in [9.17, 15) is 9.59 Å². The molecule has 0 aliphatic rings. The van der Waals surface area contributed by atoms with Gasteiger partial charge in [-0.15, -0.1) is 0 Å². The van der Waals surface area contributed by atoms with E-state index in [-0.39, 0.29) is 11.8 Å². The zero-order chi connectivity index (χ0) is 20.6. The van der Waals surface area contributed by atoms with Crippen molar-refractivity contribution in [2.24, 2.45) is 5.41 Å². The predicted molar refractivity (Wildman–Crippen MR) is 112 cm³/mol. The normalized spacial score (nSPS) is 11.3. The summed E-state index contributed by atoms with van der Waals surface area (Å²) in [5.74, 6) is 0.127. The summed E-state index contributed by atoms with van der Waals surface area (Å²) in [6.07, 6.45) is 2.83. The molecule has 6 nitrogen and oxygen atoms in total. The van der Waals surface area contributed by atoms with Gasteiger partial charge in [0.25, 0.3) is 0 Å². The fourth-order valence-corrected chi connectivity index (χ4v) is 2.78. The van der Waals surface area contributed by atoms with E-state index >= 15 is 0 Å². The second kappa shape index (κ2) is 10.1. The van der Waals surface area contributed by atoms with Crippen molar-refractivity contribution >= 4 is 11.8 Å². The first-order valence-corrected chi connectivity index (χ1v) is 9.89. The molecule has 0 unspecified atom stereocenters. The molecule has 1 aromatic carbocycles. The molecular weight excluding hydrogens is 352 g/mol. The molecule has 6 heteroatoms. The Kier molecular flexibility index (Phi) is 7.79. The van der Waals surface area contributed by atoms with Gasteiger partial charge in [0.05, 0.1) is 5.69 Å². The molecule has 2 N–H and O–H groups in total. The van der Waals surface area contributed by atoms with E-state index in [0.717, 1.165) is 29.8 Å². The average molecular weight is 385 g/mol. The number of nitrogens with one attached hydrogen (secondary N) is 2. The lowest BCUT2D eigenvalue weighted by atomic mass is 9.96. The zero-order valence-corrected chi connectivity index (χ0v) is 17.4. The van der Waals surface area contributed by atoms with Crippen LogP contribution in [0.4, 0.5) is 0 Å². The highest BCUT2D eigenvalue weighted by molar-refractivity contribution is 5.81. The molecule has 1 heterocycles. The number of aromatic nitrogens is 2. The van der Waals surface area contributed by atoms with Gasteiger partial charge in [0.1, 0.15) is 0 Å². The monoisotopic (exact) mass is 384 g/mol. The highest BCUT2D eigenvalue weighted by Gasteiger charge is 2.20. The molecule has 0 spiro atoms. The summed E-state index contributed by atoms with van der Waals surface area (Å²) < 4.78 is 0. The molecule has 0 bridgehead atoms. The van der Waals surface area contributed by atoms with E-state index in [4.69, 9.17) is 0 Å². The predicted octanol–water partition coefficient (Wildman–Crippen LogP) is 3.41. The maximum Gasteiger partial charge on any atom is 0.225 e. The van der Waals surface area contributed by atoms with Gasteiger partial charge in [-0.2, -0.15) is 5.10 Å². The molecule has 0 aliphatic carbocycles. The van der Waals surface area contributed by atoms with Crippen LogP contribution in [0.2, 0.25) is 0 Å². The van der Waals surface area contributed by atoms with Crippen molar-refractivity contribution in [3.63, 3.8) is 0 Å². The van der Waals surface area contributed by atoms with E-state index < -0.39 is 5.41 Å².